The van der Waals surface area contributed by atoms with Crippen molar-refractivity contribution in [2.75, 3.05) is 38.1 Å². The van der Waals surface area contributed by atoms with Gasteiger partial charge in [-0.2, -0.15) is 0 Å². The van der Waals surface area contributed by atoms with E-state index in [1.165, 1.54) is 12.1 Å². The molecule has 4 rings (SSSR count). The van der Waals surface area contributed by atoms with Crippen LogP contribution in [0.5, 0.6) is 0 Å². The molecule has 28 heavy (non-hydrogen) atoms. The van der Waals surface area contributed by atoms with Crippen LogP contribution in [0.4, 0.5) is 11.4 Å². The van der Waals surface area contributed by atoms with Gasteiger partial charge in [0.25, 0.3) is 5.69 Å². The lowest BCUT2D eigenvalue weighted by Gasteiger charge is -2.33. The van der Waals surface area contributed by atoms with Crippen molar-refractivity contribution in [2.24, 2.45) is 0 Å². The minimum absolute atomic E-state index is 0.00586. The largest absolute Gasteiger partial charge is 0.368 e. The number of aromatic nitrogens is 4. The second-order valence-corrected chi connectivity index (χ2v) is 6.82. The second kappa shape index (κ2) is 7.35. The molecule has 9 nitrogen and oxygen atoms in total. The smallest absolute Gasteiger partial charge is 0.271 e. The first-order valence-corrected chi connectivity index (χ1v) is 8.93. The Hall–Kier alpha value is -3.33. The number of likely N-dealkylation sites (N-methyl/N-ethyl adjacent to an activating group) is 1. The highest BCUT2D eigenvalue weighted by Crippen LogP contribution is 2.25. The van der Waals surface area contributed by atoms with Crippen LogP contribution in [0.15, 0.2) is 42.9 Å². The summed E-state index contributed by atoms with van der Waals surface area (Å²) >= 11 is 0. The number of nitrogens with zero attached hydrogens (tertiary/aromatic N) is 7. The van der Waals surface area contributed by atoms with Crippen LogP contribution in [0.2, 0.25) is 0 Å². The number of piperazine rings is 1. The highest BCUT2D eigenvalue weighted by atomic mass is 16.6. The summed E-state index contributed by atoms with van der Waals surface area (Å²) in [6.45, 7) is 3.86. The van der Waals surface area contributed by atoms with E-state index in [0.29, 0.717) is 17.9 Å². The molecule has 9 heteroatoms. The maximum Gasteiger partial charge on any atom is 0.271 e. The van der Waals surface area contributed by atoms with Gasteiger partial charge in [-0.15, -0.1) is 5.10 Å². The fraction of sp³-hybridized carbons (Fsp3) is 0.316. The number of non-ortho nitro benzene ring substituents is 1. The van der Waals surface area contributed by atoms with Gasteiger partial charge in [-0.25, -0.2) is 4.68 Å². The van der Waals surface area contributed by atoms with Crippen molar-refractivity contribution in [2.45, 2.75) is 6.92 Å². The van der Waals surface area contributed by atoms with E-state index in [1.54, 1.807) is 29.3 Å². The molecule has 1 saturated heterocycles. The maximum atomic E-state index is 11.1. The predicted molar refractivity (Wildman–Crippen MR) is 106 cm³/mol. The van der Waals surface area contributed by atoms with Crippen LogP contribution in [0.1, 0.15) is 6.93 Å². The van der Waals surface area contributed by atoms with Gasteiger partial charge in [0, 0.05) is 51.4 Å². The van der Waals surface area contributed by atoms with Crippen molar-refractivity contribution in [3.8, 4) is 16.9 Å². The Labute approximate surface area is 163 Å². The van der Waals surface area contributed by atoms with Gasteiger partial charge in [-0.05, 0) is 25.6 Å². The number of aryl methyl sites for hydroxylation is 1. The normalized spacial score (nSPS) is 18.1. The number of benzene rings is 1. The molecule has 0 amide bonds. The average Bonchev–Trinajstić information content (AvgIpc) is 3.20. The molecular weight excluding hydrogens is 358 g/mol. The summed E-state index contributed by atoms with van der Waals surface area (Å²) in [6.07, 6.45) is 5.24. The van der Waals surface area contributed by atoms with E-state index in [9.17, 15) is 10.1 Å². The van der Waals surface area contributed by atoms with E-state index < -0.39 is 4.92 Å². The third-order valence-electron chi connectivity index (χ3n) is 4.86. The molecule has 0 aliphatic carbocycles. The summed E-state index contributed by atoms with van der Waals surface area (Å²) in [5.74, 6) is 0. The molecule has 1 aromatic carbocycles. The zero-order valence-corrected chi connectivity index (χ0v) is 15.7. The van der Waals surface area contributed by atoms with Gasteiger partial charge in [0.1, 0.15) is 5.69 Å². The zero-order chi connectivity index (χ0) is 20.5. The van der Waals surface area contributed by atoms with Gasteiger partial charge in [-0.3, -0.25) is 15.1 Å². The van der Waals surface area contributed by atoms with Crippen molar-refractivity contribution < 1.29 is 6.29 Å². The Morgan fingerprint density at radius 2 is 2.07 bits per heavy atom. The van der Waals surface area contributed by atoms with Crippen LogP contribution in [-0.2, 0) is 0 Å². The number of nitro benzene ring substituents is 1. The van der Waals surface area contributed by atoms with E-state index in [0.717, 1.165) is 29.9 Å². The van der Waals surface area contributed by atoms with Crippen LogP contribution in [0.25, 0.3) is 16.9 Å². The Morgan fingerprint density at radius 3 is 2.86 bits per heavy atom. The summed E-state index contributed by atoms with van der Waals surface area (Å²) in [6, 6.07) is 6.64. The molecule has 1 fully saturated rings. The lowest BCUT2D eigenvalue weighted by Crippen LogP contribution is -2.44. The Balaban J connectivity index is 1.62. The van der Waals surface area contributed by atoms with Crippen LogP contribution >= 0.6 is 0 Å². The van der Waals surface area contributed by atoms with E-state index in [4.69, 9.17) is 1.37 Å². The van der Waals surface area contributed by atoms with Crippen molar-refractivity contribution in [1.29, 1.82) is 0 Å². The van der Waals surface area contributed by atoms with Crippen molar-refractivity contribution in [1.82, 2.24) is 24.9 Å². The van der Waals surface area contributed by atoms with Crippen molar-refractivity contribution in [3.63, 3.8) is 0 Å². The maximum absolute atomic E-state index is 11.1. The molecule has 1 atom stereocenters. The second-order valence-electron chi connectivity index (χ2n) is 6.82. The van der Waals surface area contributed by atoms with Crippen LogP contribution in [0.3, 0.4) is 0 Å². The number of rotatable bonds is 4. The van der Waals surface area contributed by atoms with Gasteiger partial charge < -0.3 is 9.80 Å². The van der Waals surface area contributed by atoms with E-state index in [-0.39, 0.29) is 12.2 Å². The van der Waals surface area contributed by atoms with Gasteiger partial charge in [0.15, 0.2) is 0 Å². The number of anilines is 1. The average molecular weight is 380 g/mol. The third-order valence-corrected chi connectivity index (χ3v) is 4.86. The van der Waals surface area contributed by atoms with Crippen LogP contribution < -0.4 is 4.90 Å². The highest BCUT2D eigenvalue weighted by Gasteiger charge is 2.16. The first kappa shape index (κ1) is 16.8. The summed E-state index contributed by atoms with van der Waals surface area (Å²) in [5.41, 5.74) is 3.84. The number of hydrogen-bond acceptors (Lipinski definition) is 7. The molecule has 0 saturated carbocycles. The van der Waals surface area contributed by atoms with Crippen LogP contribution in [0, 0.1) is 17.0 Å². The van der Waals surface area contributed by atoms with Gasteiger partial charge in [-0.1, -0.05) is 11.3 Å². The van der Waals surface area contributed by atoms with Gasteiger partial charge in [0.05, 0.1) is 28.7 Å². The first-order valence-electron chi connectivity index (χ1n) is 9.51. The summed E-state index contributed by atoms with van der Waals surface area (Å²) < 4.78 is 9.67. The summed E-state index contributed by atoms with van der Waals surface area (Å²) in [5, 5.41) is 19.5. The quantitative estimate of drug-likeness (QED) is 0.506. The van der Waals surface area contributed by atoms with Crippen molar-refractivity contribution in [3.05, 3.63) is 58.5 Å². The molecule has 1 aliphatic heterocycles. The molecule has 3 aromatic rings. The molecule has 1 aliphatic rings. The molecule has 0 bridgehead atoms. The number of nitro groups is 1. The molecule has 0 N–H and O–H groups in total. The van der Waals surface area contributed by atoms with Crippen molar-refractivity contribution >= 4 is 11.4 Å². The Bertz CT molecular complexity index is 1050. The van der Waals surface area contributed by atoms with E-state index >= 15 is 0 Å². The predicted octanol–water partition coefficient (Wildman–Crippen LogP) is 2.30. The number of pyridine rings is 1. The highest BCUT2D eigenvalue weighted by molar-refractivity contribution is 5.64. The molecule has 2 aromatic heterocycles. The Morgan fingerprint density at radius 1 is 1.21 bits per heavy atom. The number of hydrogen-bond donors (Lipinski definition) is 0. The fourth-order valence-corrected chi connectivity index (χ4v) is 3.15. The summed E-state index contributed by atoms with van der Waals surface area (Å²) in [7, 11) is 1.96. The third kappa shape index (κ3) is 3.56. The molecular formula is C19H21N7O2. The minimum atomic E-state index is -0.427. The lowest BCUT2D eigenvalue weighted by molar-refractivity contribution is -0.384. The van der Waals surface area contributed by atoms with Crippen LogP contribution in [-0.4, -0.2) is 63.0 Å². The van der Waals surface area contributed by atoms with Gasteiger partial charge in [0.2, 0.25) is 0 Å². The lowest BCUT2D eigenvalue weighted by atomic mass is 10.1. The van der Waals surface area contributed by atoms with Gasteiger partial charge >= 0.3 is 0 Å². The Kier molecular flexibility index (Phi) is 4.42. The standard InChI is InChI=1S/C19H21N7O2/c1-14-3-4-16(26(27)28)10-19(14)25-13-18(21-22-25)15-9-17(12-20-11-15)24-7-5-23(2)6-8-24/h3-4,9-13H,5-8H2,1-2H3/i5D. The first-order chi connectivity index (χ1) is 13.9. The SMILES string of the molecule is [2H]C1CN(c2cncc(-c3cn(-c4cc([N+](=O)[O-])ccc4C)nn3)c2)CCN1C. The zero-order valence-electron chi connectivity index (χ0n) is 16.7. The monoisotopic (exact) mass is 380 g/mol. The van der Waals surface area contributed by atoms with E-state index in [1.807, 2.05) is 24.9 Å². The fourth-order valence-electron chi connectivity index (χ4n) is 3.15. The molecule has 1 unspecified atom stereocenters. The minimum Gasteiger partial charge on any atom is -0.368 e. The summed E-state index contributed by atoms with van der Waals surface area (Å²) in [4.78, 5) is 19.1. The molecule has 144 valence electrons. The molecule has 0 spiro atoms. The topological polar surface area (TPSA) is 93.2 Å². The van der Waals surface area contributed by atoms with E-state index in [2.05, 4.69) is 20.2 Å². The molecule has 3 heterocycles. The molecule has 0 radical (unpaired) electrons.